The van der Waals surface area contributed by atoms with Gasteiger partial charge in [0, 0.05) is 6.42 Å². The molecule has 2 N–H and O–H groups in total. The average Bonchev–Trinajstić information content (AvgIpc) is 2.66. The van der Waals surface area contributed by atoms with Crippen molar-refractivity contribution in [1.29, 1.82) is 0 Å². The molecule has 3 rings (SSSR count). The molecule has 0 radical (unpaired) electrons. The molecule has 7 nitrogen and oxygen atoms in total. The molecule has 1 unspecified atom stereocenters. The van der Waals surface area contributed by atoms with Crippen LogP contribution in [0.4, 0.5) is 4.79 Å². The molecular formula is C20H19N3O4. The van der Waals surface area contributed by atoms with E-state index in [2.05, 4.69) is 10.3 Å². The topological polar surface area (TPSA) is 101 Å². The van der Waals surface area contributed by atoms with Gasteiger partial charge in [-0.3, -0.25) is 9.36 Å². The fourth-order valence-electron chi connectivity index (χ4n) is 3.11. The van der Waals surface area contributed by atoms with E-state index >= 15 is 0 Å². The Kier molecular flexibility index (Phi) is 5.30. The van der Waals surface area contributed by atoms with Crippen molar-refractivity contribution in [2.75, 3.05) is 0 Å². The Morgan fingerprint density at radius 2 is 1.96 bits per heavy atom. The number of aldehydes is 1. The number of hydrogen-bond acceptors (Lipinski definition) is 4. The van der Waals surface area contributed by atoms with Crippen LogP contribution < -0.4 is 10.9 Å². The zero-order valence-electron chi connectivity index (χ0n) is 14.8. The van der Waals surface area contributed by atoms with Crippen LogP contribution in [-0.2, 0) is 11.2 Å². The second-order valence-electron chi connectivity index (χ2n) is 6.13. The normalized spacial score (nSPS) is 11.9. The highest BCUT2D eigenvalue weighted by molar-refractivity contribution is 5.82. The van der Waals surface area contributed by atoms with Gasteiger partial charge < -0.3 is 15.2 Å². The Balaban J connectivity index is 2.32. The molecule has 0 bridgehead atoms. The molecule has 1 atom stereocenters. The van der Waals surface area contributed by atoms with E-state index in [1.807, 2.05) is 12.1 Å². The number of carbonyl (C=O) groups is 2. The summed E-state index contributed by atoms with van der Waals surface area (Å²) >= 11 is 0. The number of aryl methyl sites for hydroxylation is 1. The van der Waals surface area contributed by atoms with E-state index in [0.29, 0.717) is 35.3 Å². The first-order valence-electron chi connectivity index (χ1n) is 8.56. The number of aromatic nitrogens is 2. The summed E-state index contributed by atoms with van der Waals surface area (Å²) in [6.45, 7) is 1.64. The van der Waals surface area contributed by atoms with E-state index < -0.39 is 12.1 Å². The lowest BCUT2D eigenvalue weighted by Crippen LogP contribution is -2.32. The number of rotatable bonds is 6. The summed E-state index contributed by atoms with van der Waals surface area (Å²) in [5, 5.41) is 11.9. The maximum atomic E-state index is 13.4. The fraction of sp³-hybridized carbons (Fsp3) is 0.200. The minimum Gasteiger partial charge on any atom is -0.465 e. The molecule has 1 heterocycles. The van der Waals surface area contributed by atoms with Gasteiger partial charge in [-0.15, -0.1) is 0 Å². The van der Waals surface area contributed by atoms with Crippen molar-refractivity contribution in [2.45, 2.75) is 25.8 Å². The largest absolute Gasteiger partial charge is 0.465 e. The monoisotopic (exact) mass is 365 g/mol. The number of benzene rings is 2. The van der Waals surface area contributed by atoms with E-state index in [1.54, 1.807) is 43.3 Å². The van der Waals surface area contributed by atoms with Crippen molar-refractivity contribution < 1.29 is 14.7 Å². The zero-order valence-corrected chi connectivity index (χ0v) is 14.8. The summed E-state index contributed by atoms with van der Waals surface area (Å²) in [5.74, 6) is 0.300. The molecule has 1 aromatic heterocycles. The van der Waals surface area contributed by atoms with Gasteiger partial charge in [0.05, 0.1) is 22.6 Å². The molecule has 0 aliphatic carbocycles. The third-order valence-corrected chi connectivity index (χ3v) is 4.28. The van der Waals surface area contributed by atoms with Crippen molar-refractivity contribution in [3.8, 4) is 5.69 Å². The van der Waals surface area contributed by atoms with Gasteiger partial charge in [0.1, 0.15) is 12.1 Å². The van der Waals surface area contributed by atoms with Crippen LogP contribution in [0.25, 0.3) is 16.6 Å². The van der Waals surface area contributed by atoms with Crippen LogP contribution in [0.3, 0.4) is 0 Å². The minimum absolute atomic E-state index is 0.290. The molecule has 0 saturated heterocycles. The molecule has 0 fully saturated rings. The Bertz CT molecular complexity index is 1040. The van der Waals surface area contributed by atoms with Crippen LogP contribution >= 0.6 is 0 Å². The number of carbonyl (C=O) groups excluding carboxylic acids is 1. The molecule has 138 valence electrons. The Morgan fingerprint density at radius 3 is 2.63 bits per heavy atom. The predicted molar refractivity (Wildman–Crippen MR) is 101 cm³/mol. The number of nitrogens with zero attached hydrogens (tertiary/aromatic N) is 2. The third kappa shape index (κ3) is 3.72. The van der Waals surface area contributed by atoms with E-state index in [-0.39, 0.29) is 5.56 Å². The van der Waals surface area contributed by atoms with Gasteiger partial charge in [-0.25, -0.2) is 9.78 Å². The highest BCUT2D eigenvalue weighted by Gasteiger charge is 2.20. The molecule has 27 heavy (non-hydrogen) atoms. The van der Waals surface area contributed by atoms with E-state index in [0.717, 1.165) is 11.8 Å². The highest BCUT2D eigenvalue weighted by Crippen LogP contribution is 2.21. The van der Waals surface area contributed by atoms with Crippen LogP contribution in [0.1, 0.15) is 30.8 Å². The van der Waals surface area contributed by atoms with Crippen LogP contribution in [0.5, 0.6) is 0 Å². The summed E-state index contributed by atoms with van der Waals surface area (Å²) in [6.07, 6.45) is 0.364. The Hall–Kier alpha value is -3.48. The third-order valence-electron chi connectivity index (χ3n) is 4.28. The molecule has 1 amide bonds. The fourth-order valence-corrected chi connectivity index (χ4v) is 3.11. The molecule has 2 aromatic carbocycles. The lowest BCUT2D eigenvalue weighted by atomic mass is 10.0. The lowest BCUT2D eigenvalue weighted by molar-refractivity contribution is -0.107. The number of hydrogen-bond donors (Lipinski definition) is 2. The van der Waals surface area contributed by atoms with Gasteiger partial charge in [0.15, 0.2) is 0 Å². The van der Waals surface area contributed by atoms with Crippen LogP contribution in [0.2, 0.25) is 0 Å². The SMILES string of the molecule is CC(NC(=O)O)c1nc2cccc(CCC=O)c2c(=O)n1-c1ccccc1. The summed E-state index contributed by atoms with van der Waals surface area (Å²) in [5.41, 5.74) is 1.52. The highest BCUT2D eigenvalue weighted by atomic mass is 16.4. The molecule has 0 saturated carbocycles. The first-order valence-corrected chi connectivity index (χ1v) is 8.56. The second-order valence-corrected chi connectivity index (χ2v) is 6.13. The van der Waals surface area contributed by atoms with Gasteiger partial charge in [-0.2, -0.15) is 0 Å². The summed E-state index contributed by atoms with van der Waals surface area (Å²) in [6, 6.07) is 13.6. The van der Waals surface area contributed by atoms with Crippen molar-refractivity contribution in [3.63, 3.8) is 0 Å². The molecule has 7 heteroatoms. The summed E-state index contributed by atoms with van der Waals surface area (Å²) in [4.78, 5) is 39.8. The number of amides is 1. The van der Waals surface area contributed by atoms with Gasteiger partial charge >= 0.3 is 6.09 Å². The molecular weight excluding hydrogens is 346 g/mol. The second kappa shape index (κ2) is 7.82. The maximum Gasteiger partial charge on any atom is 0.405 e. The molecule has 0 spiro atoms. The first kappa shape index (κ1) is 18.3. The van der Waals surface area contributed by atoms with E-state index in [1.165, 1.54) is 4.57 Å². The summed E-state index contributed by atoms with van der Waals surface area (Å²) < 4.78 is 1.42. The van der Waals surface area contributed by atoms with Crippen LogP contribution in [0.15, 0.2) is 53.3 Å². The Labute approximate surface area is 155 Å². The number of fused-ring (bicyclic) bond motifs is 1. The lowest BCUT2D eigenvalue weighted by Gasteiger charge is -2.19. The average molecular weight is 365 g/mol. The van der Waals surface area contributed by atoms with Gasteiger partial charge in [0.25, 0.3) is 5.56 Å². The maximum absolute atomic E-state index is 13.4. The van der Waals surface area contributed by atoms with Crippen LogP contribution in [0, 0.1) is 0 Å². The van der Waals surface area contributed by atoms with E-state index in [9.17, 15) is 14.4 Å². The quantitative estimate of drug-likeness (QED) is 0.654. The zero-order chi connectivity index (χ0) is 19.4. The van der Waals surface area contributed by atoms with Crippen molar-refractivity contribution in [2.24, 2.45) is 0 Å². The number of nitrogens with one attached hydrogen (secondary N) is 1. The van der Waals surface area contributed by atoms with Crippen LogP contribution in [-0.4, -0.2) is 27.0 Å². The van der Waals surface area contributed by atoms with Crippen molar-refractivity contribution >= 4 is 23.3 Å². The van der Waals surface area contributed by atoms with Gasteiger partial charge in [0.2, 0.25) is 0 Å². The predicted octanol–water partition coefficient (Wildman–Crippen LogP) is 2.85. The molecule has 0 aliphatic heterocycles. The van der Waals surface area contributed by atoms with Crippen molar-refractivity contribution in [3.05, 3.63) is 70.3 Å². The smallest absolute Gasteiger partial charge is 0.405 e. The van der Waals surface area contributed by atoms with Gasteiger partial charge in [-0.05, 0) is 37.1 Å². The minimum atomic E-state index is -1.20. The van der Waals surface area contributed by atoms with Crippen molar-refractivity contribution in [1.82, 2.24) is 14.9 Å². The molecule has 0 aliphatic rings. The molecule has 3 aromatic rings. The number of para-hydroxylation sites is 1. The first-order chi connectivity index (χ1) is 13.0. The Morgan fingerprint density at radius 1 is 1.22 bits per heavy atom. The standard InChI is InChI=1S/C20H19N3O4/c1-13(21-20(26)27)18-22-16-11-5-7-14(8-6-12-24)17(16)19(25)23(18)15-9-3-2-4-10-15/h2-5,7,9-13,21H,6,8H2,1H3,(H,26,27). The number of carboxylic acid groups (broad SMARTS) is 1. The van der Waals surface area contributed by atoms with Gasteiger partial charge in [-0.1, -0.05) is 30.3 Å². The summed E-state index contributed by atoms with van der Waals surface area (Å²) in [7, 11) is 0. The van der Waals surface area contributed by atoms with E-state index in [4.69, 9.17) is 5.11 Å².